The Kier molecular flexibility index (Phi) is 7.14. The molecular formula is C45H31N3Si. The van der Waals surface area contributed by atoms with Crippen LogP contribution >= 0.6 is 0 Å². The van der Waals surface area contributed by atoms with Crippen molar-refractivity contribution in [1.82, 2.24) is 15.0 Å². The van der Waals surface area contributed by atoms with Crippen LogP contribution < -0.4 is 20.7 Å². The second-order valence-electron chi connectivity index (χ2n) is 12.4. The Labute approximate surface area is 287 Å². The molecule has 0 bridgehead atoms. The molecule has 4 heteroatoms. The van der Waals surface area contributed by atoms with E-state index in [0.717, 1.165) is 22.3 Å². The number of fused-ring (bicyclic) bond motifs is 3. The molecular weight excluding hydrogens is 611 g/mol. The van der Waals surface area contributed by atoms with Gasteiger partial charge < -0.3 is 0 Å². The first-order valence-corrected chi connectivity index (χ1v) is 18.6. The highest BCUT2D eigenvalue weighted by atomic mass is 28.3. The van der Waals surface area contributed by atoms with Crippen molar-refractivity contribution < 1.29 is 0 Å². The van der Waals surface area contributed by atoms with E-state index in [4.69, 9.17) is 15.0 Å². The molecule has 2 heterocycles. The van der Waals surface area contributed by atoms with E-state index in [1.807, 2.05) is 60.7 Å². The van der Waals surface area contributed by atoms with Crippen LogP contribution in [0.5, 0.6) is 0 Å². The lowest BCUT2D eigenvalue weighted by molar-refractivity contribution is 1.07. The third kappa shape index (κ3) is 4.93. The standard InChI is InChI=1S/C45H31N3Si/c1-5-15-33(16-6-1)43-46-44(34-17-7-2-8-18-34)48-45(47-43)35-27-25-32(26-28-35)36-29-30-40-39-23-13-14-24-41(39)49(42(40)31-36,37-19-9-3-10-20-37)38-21-11-4-12-22-38/h1-31H. The van der Waals surface area contributed by atoms with Crippen molar-refractivity contribution in [2.45, 2.75) is 0 Å². The molecule has 1 aliphatic rings. The Balaban J connectivity index is 1.17. The van der Waals surface area contributed by atoms with Crippen LogP contribution in [0.15, 0.2) is 188 Å². The van der Waals surface area contributed by atoms with E-state index in [1.54, 1.807) is 0 Å². The lowest BCUT2D eigenvalue weighted by Crippen LogP contribution is -2.72. The van der Waals surface area contributed by atoms with E-state index >= 15 is 0 Å². The van der Waals surface area contributed by atoms with Crippen LogP contribution in [0.25, 0.3) is 56.4 Å². The fourth-order valence-corrected chi connectivity index (χ4v) is 12.6. The van der Waals surface area contributed by atoms with E-state index in [9.17, 15) is 0 Å². The molecule has 1 aromatic heterocycles. The van der Waals surface area contributed by atoms with Gasteiger partial charge >= 0.3 is 0 Å². The molecule has 0 fully saturated rings. The van der Waals surface area contributed by atoms with Crippen LogP contribution in [-0.4, -0.2) is 23.0 Å². The summed E-state index contributed by atoms with van der Waals surface area (Å²) in [5.41, 5.74) is 7.91. The van der Waals surface area contributed by atoms with Crippen LogP contribution in [0.4, 0.5) is 0 Å². The minimum absolute atomic E-state index is 0.656. The van der Waals surface area contributed by atoms with Gasteiger partial charge in [0.25, 0.3) is 0 Å². The molecule has 0 aliphatic carbocycles. The molecule has 7 aromatic carbocycles. The summed E-state index contributed by atoms with van der Waals surface area (Å²) in [6.07, 6.45) is 0. The fraction of sp³-hybridized carbons (Fsp3) is 0. The van der Waals surface area contributed by atoms with Gasteiger partial charge in [-0.25, -0.2) is 15.0 Å². The summed E-state index contributed by atoms with van der Waals surface area (Å²) in [5.74, 6) is 1.98. The minimum Gasteiger partial charge on any atom is -0.208 e. The Bertz CT molecular complexity index is 2310. The molecule has 230 valence electrons. The number of aromatic nitrogens is 3. The molecule has 0 unspecified atom stereocenters. The minimum atomic E-state index is -2.56. The normalized spacial score (nSPS) is 12.7. The predicted octanol–water partition coefficient (Wildman–Crippen LogP) is 7.90. The lowest BCUT2D eigenvalue weighted by atomic mass is 9.99. The summed E-state index contributed by atoms with van der Waals surface area (Å²) in [4.78, 5) is 14.7. The van der Waals surface area contributed by atoms with Crippen molar-refractivity contribution in [2.24, 2.45) is 0 Å². The molecule has 1 aliphatic heterocycles. The summed E-state index contributed by atoms with van der Waals surface area (Å²) >= 11 is 0. The van der Waals surface area contributed by atoms with Crippen molar-refractivity contribution in [3.05, 3.63) is 188 Å². The highest BCUT2D eigenvalue weighted by Gasteiger charge is 2.48. The van der Waals surface area contributed by atoms with Crippen LogP contribution in [-0.2, 0) is 0 Å². The average molecular weight is 642 g/mol. The Hall–Kier alpha value is -6.23. The van der Waals surface area contributed by atoms with Crippen LogP contribution in [0.3, 0.4) is 0 Å². The lowest BCUT2D eigenvalue weighted by Gasteiger charge is -2.31. The first-order chi connectivity index (χ1) is 24.3. The number of rotatable bonds is 6. The zero-order chi connectivity index (χ0) is 32.6. The number of benzene rings is 7. The molecule has 0 radical (unpaired) electrons. The Morgan fingerprint density at radius 2 is 0.673 bits per heavy atom. The SMILES string of the molecule is c1ccc(-c2nc(-c3ccccc3)nc(-c3ccc(-c4ccc5c(c4)[Si](c4ccccc4)(c4ccccc4)c4ccccc4-5)cc3)n2)cc1. The van der Waals surface area contributed by atoms with Crippen molar-refractivity contribution >= 4 is 28.8 Å². The van der Waals surface area contributed by atoms with E-state index < -0.39 is 8.07 Å². The van der Waals surface area contributed by atoms with Gasteiger partial charge in [0.05, 0.1) is 0 Å². The van der Waals surface area contributed by atoms with Gasteiger partial charge in [-0.15, -0.1) is 0 Å². The third-order valence-electron chi connectivity index (χ3n) is 9.63. The van der Waals surface area contributed by atoms with Crippen molar-refractivity contribution in [3.8, 4) is 56.4 Å². The molecule has 0 amide bonds. The second-order valence-corrected chi connectivity index (χ2v) is 16.1. The average Bonchev–Trinajstić information content (AvgIpc) is 3.49. The Morgan fingerprint density at radius 3 is 1.20 bits per heavy atom. The topological polar surface area (TPSA) is 38.7 Å². The maximum Gasteiger partial charge on any atom is 0.180 e. The summed E-state index contributed by atoms with van der Waals surface area (Å²) in [6.45, 7) is 0. The molecule has 49 heavy (non-hydrogen) atoms. The zero-order valence-corrected chi connectivity index (χ0v) is 27.7. The van der Waals surface area contributed by atoms with Crippen LogP contribution in [0, 0.1) is 0 Å². The van der Waals surface area contributed by atoms with E-state index in [2.05, 4.69) is 127 Å². The first kappa shape index (κ1) is 28.9. The van der Waals surface area contributed by atoms with Gasteiger partial charge in [-0.1, -0.05) is 188 Å². The highest BCUT2D eigenvalue weighted by Crippen LogP contribution is 2.32. The number of hydrogen-bond acceptors (Lipinski definition) is 3. The molecule has 0 spiro atoms. The fourth-order valence-electron chi connectivity index (χ4n) is 7.37. The summed E-state index contributed by atoms with van der Waals surface area (Å²) in [6, 6.07) is 67.3. The number of hydrogen-bond donors (Lipinski definition) is 0. The van der Waals surface area contributed by atoms with Gasteiger partial charge in [-0.3, -0.25) is 0 Å². The summed E-state index contributed by atoms with van der Waals surface area (Å²) in [7, 11) is -2.56. The quantitative estimate of drug-likeness (QED) is 0.173. The van der Waals surface area contributed by atoms with Crippen molar-refractivity contribution in [3.63, 3.8) is 0 Å². The van der Waals surface area contributed by atoms with Crippen molar-refractivity contribution in [1.29, 1.82) is 0 Å². The monoisotopic (exact) mass is 641 g/mol. The molecule has 0 saturated heterocycles. The molecule has 0 atom stereocenters. The molecule has 0 N–H and O–H groups in total. The maximum absolute atomic E-state index is 4.94. The summed E-state index contributed by atoms with van der Waals surface area (Å²) in [5, 5.41) is 5.69. The second kappa shape index (κ2) is 12.1. The van der Waals surface area contributed by atoms with E-state index in [0.29, 0.717) is 17.5 Å². The highest BCUT2D eigenvalue weighted by molar-refractivity contribution is 7.22. The van der Waals surface area contributed by atoms with Crippen LogP contribution in [0.2, 0.25) is 0 Å². The zero-order valence-electron chi connectivity index (χ0n) is 26.7. The largest absolute Gasteiger partial charge is 0.208 e. The molecule has 8 aromatic rings. The van der Waals surface area contributed by atoms with E-state index in [1.165, 1.54) is 37.4 Å². The van der Waals surface area contributed by atoms with Gasteiger partial charge in [-0.2, -0.15) is 0 Å². The number of nitrogens with zero attached hydrogens (tertiary/aromatic N) is 3. The molecule has 9 rings (SSSR count). The molecule has 3 nitrogen and oxygen atoms in total. The maximum atomic E-state index is 4.94. The van der Waals surface area contributed by atoms with Gasteiger partial charge in [0.1, 0.15) is 0 Å². The van der Waals surface area contributed by atoms with Gasteiger partial charge in [0.2, 0.25) is 0 Å². The third-order valence-corrected chi connectivity index (χ3v) is 14.5. The van der Waals surface area contributed by atoms with Gasteiger partial charge in [0.15, 0.2) is 25.5 Å². The smallest absolute Gasteiger partial charge is 0.180 e. The predicted molar refractivity (Wildman–Crippen MR) is 204 cm³/mol. The van der Waals surface area contributed by atoms with E-state index in [-0.39, 0.29) is 0 Å². The first-order valence-electron chi connectivity index (χ1n) is 16.6. The van der Waals surface area contributed by atoms with Gasteiger partial charge in [-0.05, 0) is 43.0 Å². The Morgan fingerprint density at radius 1 is 0.286 bits per heavy atom. The van der Waals surface area contributed by atoms with Gasteiger partial charge in [0, 0.05) is 16.7 Å². The molecule has 0 saturated carbocycles. The summed E-state index contributed by atoms with van der Waals surface area (Å²) < 4.78 is 0. The van der Waals surface area contributed by atoms with Crippen LogP contribution in [0.1, 0.15) is 0 Å². The van der Waals surface area contributed by atoms with Crippen molar-refractivity contribution in [2.75, 3.05) is 0 Å².